The van der Waals surface area contributed by atoms with E-state index in [1.807, 2.05) is 30.3 Å². The van der Waals surface area contributed by atoms with E-state index in [1.54, 1.807) is 28.0 Å². The fourth-order valence-electron chi connectivity index (χ4n) is 5.97. The monoisotopic (exact) mass is 502 g/mol. The first-order valence-corrected chi connectivity index (χ1v) is 13.9. The molecule has 7 nitrogen and oxygen atoms in total. The van der Waals surface area contributed by atoms with E-state index in [0.29, 0.717) is 25.9 Å². The molecule has 2 fully saturated rings. The number of nitrogens with zero attached hydrogens (tertiary/aromatic N) is 2. The second-order valence-corrected chi connectivity index (χ2v) is 11.8. The number of carbonyl (C=O) groups is 2. The van der Waals surface area contributed by atoms with Crippen molar-refractivity contribution in [3.8, 4) is 5.75 Å². The average molecular weight is 503 g/mol. The normalized spacial score (nSPS) is 28.2. The van der Waals surface area contributed by atoms with Crippen molar-refractivity contribution >= 4 is 33.3 Å². The number of carbonyl (C=O) groups excluding carboxylic acids is 2. The van der Waals surface area contributed by atoms with Crippen LogP contribution in [0.3, 0.4) is 0 Å². The van der Waals surface area contributed by atoms with E-state index in [9.17, 15) is 23.1 Å². The van der Waals surface area contributed by atoms with Gasteiger partial charge in [-0.2, -0.15) is 0 Å². The quantitative estimate of drug-likeness (QED) is 0.649. The minimum Gasteiger partial charge on any atom is -0.508 e. The lowest BCUT2D eigenvalue weighted by Gasteiger charge is -2.46. The number of aromatic hydroxyl groups is 1. The summed E-state index contributed by atoms with van der Waals surface area (Å²) < 4.78 is 25.7. The minimum absolute atomic E-state index is 0.0359. The highest BCUT2D eigenvalue weighted by Gasteiger charge is 2.51. The molecule has 9 heteroatoms. The van der Waals surface area contributed by atoms with Crippen molar-refractivity contribution in [1.82, 2.24) is 9.80 Å². The van der Waals surface area contributed by atoms with Crippen molar-refractivity contribution in [3.63, 3.8) is 0 Å². The first-order chi connectivity index (χ1) is 16.3. The molecule has 0 aromatic heterocycles. The smallest absolute Gasteiger partial charge is 0.238 e. The molecule has 0 saturated carbocycles. The van der Waals surface area contributed by atoms with Crippen molar-refractivity contribution in [2.24, 2.45) is 5.92 Å². The van der Waals surface area contributed by atoms with Crippen LogP contribution in [-0.4, -0.2) is 71.7 Å². The van der Waals surface area contributed by atoms with Gasteiger partial charge in [0.25, 0.3) is 0 Å². The Morgan fingerprint density at radius 2 is 1.85 bits per heavy atom. The van der Waals surface area contributed by atoms with Crippen molar-refractivity contribution in [2.75, 3.05) is 30.5 Å². The van der Waals surface area contributed by atoms with Gasteiger partial charge in [0.1, 0.15) is 11.6 Å². The van der Waals surface area contributed by atoms with Gasteiger partial charge in [-0.1, -0.05) is 36.4 Å². The van der Waals surface area contributed by atoms with E-state index in [-0.39, 0.29) is 40.9 Å². The molecule has 0 spiro atoms. The molecule has 0 bridgehead atoms. The summed E-state index contributed by atoms with van der Waals surface area (Å²) in [5.41, 5.74) is 2.66. The lowest BCUT2D eigenvalue weighted by molar-refractivity contribution is -0.134. The van der Waals surface area contributed by atoms with Crippen LogP contribution in [0.4, 0.5) is 0 Å². The van der Waals surface area contributed by atoms with Crippen LogP contribution in [0.1, 0.15) is 41.5 Å². The van der Waals surface area contributed by atoms with Gasteiger partial charge in [-0.3, -0.25) is 9.59 Å². The number of likely N-dealkylation sites (tertiary alicyclic amines) is 1. The number of amides is 2. The van der Waals surface area contributed by atoms with Crippen LogP contribution >= 0.6 is 11.6 Å². The summed E-state index contributed by atoms with van der Waals surface area (Å²) in [6.07, 6.45) is 1.12. The van der Waals surface area contributed by atoms with Gasteiger partial charge in [0.05, 0.1) is 23.6 Å². The number of hydrogen-bond acceptors (Lipinski definition) is 5. The molecule has 34 heavy (non-hydrogen) atoms. The average Bonchev–Trinajstić information content (AvgIpc) is 3.39. The van der Waals surface area contributed by atoms with Gasteiger partial charge < -0.3 is 14.9 Å². The molecular formula is C25H27ClN2O5S. The van der Waals surface area contributed by atoms with Crippen molar-refractivity contribution < 1.29 is 23.1 Å². The lowest BCUT2D eigenvalue weighted by Crippen LogP contribution is -2.51. The van der Waals surface area contributed by atoms with Crippen LogP contribution in [0.5, 0.6) is 5.75 Å². The van der Waals surface area contributed by atoms with E-state index < -0.39 is 27.8 Å². The Balaban J connectivity index is 1.66. The van der Waals surface area contributed by atoms with Gasteiger partial charge in [-0.05, 0) is 35.2 Å². The maximum Gasteiger partial charge on any atom is 0.238 e. The van der Waals surface area contributed by atoms with E-state index in [2.05, 4.69) is 0 Å². The van der Waals surface area contributed by atoms with Crippen molar-refractivity contribution in [2.45, 2.75) is 30.8 Å². The number of sulfone groups is 1. The summed E-state index contributed by atoms with van der Waals surface area (Å²) in [6, 6.07) is 13.7. The topological polar surface area (TPSA) is 95.0 Å². The van der Waals surface area contributed by atoms with Crippen LogP contribution in [0, 0.1) is 5.92 Å². The number of fused-ring (bicyclic) bond motifs is 1. The third-order valence-electron chi connectivity index (χ3n) is 7.40. The Morgan fingerprint density at radius 1 is 1.09 bits per heavy atom. The molecule has 0 radical (unpaired) electrons. The second-order valence-electron chi connectivity index (χ2n) is 9.40. The third-order valence-corrected chi connectivity index (χ3v) is 9.37. The second kappa shape index (κ2) is 8.89. The maximum atomic E-state index is 13.2. The molecule has 5 rings (SSSR count). The molecule has 2 aromatic carbocycles. The van der Waals surface area contributed by atoms with Gasteiger partial charge in [0.2, 0.25) is 11.8 Å². The molecule has 4 atom stereocenters. The Labute approximate surface area is 204 Å². The fraction of sp³-hybridized carbons (Fsp3) is 0.440. The SMILES string of the molecule is O=C1CCCN1C1CS(=O)(=O)CC1C1c2ccc(O)cc2C(c2ccccc2)CN1C(=O)CCl. The molecule has 2 saturated heterocycles. The van der Waals surface area contributed by atoms with Gasteiger partial charge in [-0.25, -0.2) is 8.42 Å². The summed E-state index contributed by atoms with van der Waals surface area (Å²) in [5.74, 6) is -1.30. The van der Waals surface area contributed by atoms with Crippen LogP contribution in [0.15, 0.2) is 48.5 Å². The first-order valence-electron chi connectivity index (χ1n) is 11.5. The highest BCUT2D eigenvalue weighted by atomic mass is 35.5. The maximum absolute atomic E-state index is 13.2. The van der Waals surface area contributed by atoms with E-state index in [4.69, 9.17) is 11.6 Å². The van der Waals surface area contributed by atoms with Crippen LogP contribution in [0.25, 0.3) is 0 Å². The van der Waals surface area contributed by atoms with Crippen molar-refractivity contribution in [3.05, 3.63) is 65.2 Å². The zero-order valence-corrected chi connectivity index (χ0v) is 20.2. The Morgan fingerprint density at radius 3 is 2.53 bits per heavy atom. The van der Waals surface area contributed by atoms with Crippen LogP contribution in [-0.2, 0) is 19.4 Å². The number of phenolic OH excluding ortho intramolecular Hbond substituents is 1. The van der Waals surface area contributed by atoms with Crippen LogP contribution < -0.4 is 0 Å². The molecule has 0 aliphatic carbocycles. The molecule has 1 N–H and O–H groups in total. The summed E-state index contributed by atoms with van der Waals surface area (Å²) in [6.45, 7) is 0.842. The third kappa shape index (κ3) is 4.07. The van der Waals surface area contributed by atoms with Gasteiger partial charge in [0, 0.05) is 31.3 Å². The summed E-state index contributed by atoms with van der Waals surface area (Å²) >= 11 is 6.03. The molecule has 4 unspecified atom stereocenters. The zero-order valence-electron chi connectivity index (χ0n) is 18.6. The molecule has 3 heterocycles. The van der Waals surface area contributed by atoms with Gasteiger partial charge in [-0.15, -0.1) is 11.6 Å². The molecule has 180 valence electrons. The van der Waals surface area contributed by atoms with Crippen molar-refractivity contribution in [1.29, 1.82) is 0 Å². The van der Waals surface area contributed by atoms with Gasteiger partial charge in [0.15, 0.2) is 9.84 Å². The standard InChI is InChI=1S/C25H27ClN2O5S/c26-12-24(31)28-13-20(16-5-2-1-3-6-16)19-11-17(29)8-9-18(19)25(28)21-14-34(32,33)15-22(21)27-10-4-7-23(27)30/h1-3,5-6,8-9,11,20-22,25,29H,4,7,10,12-15H2. The predicted octanol–water partition coefficient (Wildman–Crippen LogP) is 2.68. The van der Waals surface area contributed by atoms with Crippen LogP contribution in [0.2, 0.25) is 0 Å². The molecule has 3 aliphatic heterocycles. The van der Waals surface area contributed by atoms with E-state index in [1.165, 1.54) is 0 Å². The Hall–Kier alpha value is -2.58. The zero-order chi connectivity index (χ0) is 24.0. The highest BCUT2D eigenvalue weighted by molar-refractivity contribution is 7.91. The number of rotatable bonds is 4. The number of benzene rings is 2. The number of halogens is 1. The summed E-state index contributed by atoms with van der Waals surface area (Å²) in [7, 11) is -3.40. The van der Waals surface area contributed by atoms with Gasteiger partial charge >= 0.3 is 0 Å². The number of alkyl halides is 1. The first kappa shape index (κ1) is 23.2. The van der Waals surface area contributed by atoms with E-state index >= 15 is 0 Å². The molecule has 2 aromatic rings. The highest BCUT2D eigenvalue weighted by Crippen LogP contribution is 2.47. The summed E-state index contributed by atoms with van der Waals surface area (Å²) in [5, 5.41) is 10.3. The number of hydrogen-bond donors (Lipinski definition) is 1. The predicted molar refractivity (Wildman–Crippen MR) is 128 cm³/mol. The largest absolute Gasteiger partial charge is 0.508 e. The van der Waals surface area contributed by atoms with E-state index in [0.717, 1.165) is 16.7 Å². The summed E-state index contributed by atoms with van der Waals surface area (Å²) in [4.78, 5) is 29.1. The molecule has 3 aliphatic rings. The fourth-order valence-corrected chi connectivity index (χ4v) is 8.20. The Bertz CT molecular complexity index is 1220. The molecule has 2 amide bonds. The Kier molecular flexibility index (Phi) is 6.06. The number of phenols is 1. The molecular weight excluding hydrogens is 476 g/mol. The lowest BCUT2D eigenvalue weighted by atomic mass is 9.76. The minimum atomic E-state index is -3.40.